The molecule has 5 heteroatoms. The molecule has 0 amide bonds. The minimum Gasteiger partial charge on any atom is -0.457 e. The van der Waals surface area contributed by atoms with Gasteiger partial charge in [-0.25, -0.2) is 0 Å². The lowest BCUT2D eigenvalue weighted by Crippen LogP contribution is -2.15. The highest BCUT2D eigenvalue weighted by Gasteiger charge is 2.28. The molecule has 2 aromatic heterocycles. The normalized spacial score (nSPS) is 12.7. The molecular weight excluding hydrogens is 534 g/mol. The molecule has 4 nitrogen and oxygen atoms in total. The summed E-state index contributed by atoms with van der Waals surface area (Å²) in [5.74, 6) is 1.64. The lowest BCUT2D eigenvalue weighted by atomic mass is 9.97. The topological polar surface area (TPSA) is 30.6 Å². The van der Waals surface area contributed by atoms with E-state index in [-0.39, 0.29) is 0 Å². The van der Waals surface area contributed by atoms with Crippen LogP contribution in [0.25, 0.3) is 28.0 Å². The van der Waals surface area contributed by atoms with Crippen molar-refractivity contribution in [2.75, 3.05) is 5.32 Å². The van der Waals surface area contributed by atoms with Gasteiger partial charge in [-0.2, -0.15) is 0 Å². The van der Waals surface area contributed by atoms with Gasteiger partial charge in [0.15, 0.2) is 0 Å². The maximum absolute atomic E-state index is 6.24. The molecule has 3 heterocycles. The summed E-state index contributed by atoms with van der Waals surface area (Å²) in [5, 5.41) is 3.62. The number of para-hydroxylation sites is 1. The predicted octanol–water partition coefficient (Wildman–Crippen LogP) is 9.61. The molecule has 1 aliphatic heterocycles. The van der Waals surface area contributed by atoms with Crippen LogP contribution in [0, 0.1) is 13.8 Å². The van der Waals surface area contributed by atoms with Crippen molar-refractivity contribution >= 4 is 28.5 Å². The van der Waals surface area contributed by atoms with Crippen molar-refractivity contribution in [3.8, 4) is 33.9 Å². The van der Waals surface area contributed by atoms with E-state index >= 15 is 0 Å². The number of hydrogen-bond acceptors (Lipinski definition) is 2. The van der Waals surface area contributed by atoms with Gasteiger partial charge < -0.3 is 14.6 Å². The number of hydrogen-bond donors (Lipinski definition) is 1. The Hall–Kier alpha value is -4.61. The maximum Gasteiger partial charge on any atom is 0.128 e. The van der Waals surface area contributed by atoms with Crippen molar-refractivity contribution in [2.24, 2.45) is 0 Å². The van der Waals surface area contributed by atoms with Gasteiger partial charge in [-0.3, -0.25) is 4.40 Å². The number of nitrogens with zero attached hydrogens (tertiary/aromatic N) is 2. The fourth-order valence-electron chi connectivity index (χ4n) is 6.21. The average Bonchev–Trinajstić information content (AvgIpc) is 3.43. The van der Waals surface area contributed by atoms with Gasteiger partial charge in [0.25, 0.3) is 0 Å². The molecule has 42 heavy (non-hydrogen) atoms. The van der Waals surface area contributed by atoms with Gasteiger partial charge in [0.1, 0.15) is 22.1 Å². The van der Waals surface area contributed by atoms with Gasteiger partial charge in [0, 0.05) is 29.6 Å². The van der Waals surface area contributed by atoms with Gasteiger partial charge in [0.2, 0.25) is 0 Å². The Morgan fingerprint density at radius 2 is 1.50 bits per heavy atom. The van der Waals surface area contributed by atoms with Crippen LogP contribution in [0.15, 0.2) is 109 Å². The molecule has 0 fully saturated rings. The summed E-state index contributed by atoms with van der Waals surface area (Å²) in [6.45, 7) is 5.23. The number of ether oxygens (including phenoxy) is 1. The highest BCUT2D eigenvalue weighted by atomic mass is 32.1. The van der Waals surface area contributed by atoms with E-state index in [2.05, 4.69) is 107 Å². The lowest BCUT2D eigenvalue weighted by Gasteiger charge is -2.14. The van der Waals surface area contributed by atoms with Crippen molar-refractivity contribution in [1.29, 1.82) is 0 Å². The Morgan fingerprint density at radius 1 is 0.786 bits per heavy atom. The number of benzene rings is 4. The highest BCUT2D eigenvalue weighted by molar-refractivity contribution is 7.81. The number of thiocarbonyl (C=S) groups is 1. The second-order valence-corrected chi connectivity index (χ2v) is 11.5. The van der Waals surface area contributed by atoms with Crippen molar-refractivity contribution in [3.63, 3.8) is 0 Å². The summed E-state index contributed by atoms with van der Waals surface area (Å²) in [5.41, 5.74) is 11.9. The van der Waals surface area contributed by atoms with Crippen molar-refractivity contribution in [3.05, 3.63) is 132 Å². The number of nitrogens with one attached hydrogen (secondary N) is 1. The first kappa shape index (κ1) is 26.3. The molecule has 4 aromatic carbocycles. The van der Waals surface area contributed by atoms with Crippen LogP contribution in [0.4, 0.5) is 5.69 Å². The van der Waals surface area contributed by atoms with E-state index in [1.807, 2.05) is 30.3 Å². The van der Waals surface area contributed by atoms with E-state index in [4.69, 9.17) is 17.0 Å². The molecule has 0 aliphatic carbocycles. The molecule has 208 valence electrons. The molecule has 0 spiro atoms. The van der Waals surface area contributed by atoms with Gasteiger partial charge >= 0.3 is 0 Å². The summed E-state index contributed by atoms with van der Waals surface area (Å²) >= 11 is 6.24. The van der Waals surface area contributed by atoms with E-state index < -0.39 is 0 Å². The molecule has 0 radical (unpaired) electrons. The van der Waals surface area contributed by atoms with Crippen molar-refractivity contribution in [1.82, 2.24) is 8.97 Å². The summed E-state index contributed by atoms with van der Waals surface area (Å²) in [6, 6.07) is 35.5. The first-order valence-corrected chi connectivity index (χ1v) is 15.0. The summed E-state index contributed by atoms with van der Waals surface area (Å²) < 4.78 is 11.0. The molecule has 0 saturated carbocycles. The SMILES string of the molecule is Cc1ccc(NC(=S)c2c(-c3ccc(Oc4ccccc4)cc3)c3c4n(c(-c5ccccc5)cn24)CCCC3)c(C)c1. The van der Waals surface area contributed by atoms with E-state index in [1.54, 1.807) is 0 Å². The van der Waals surface area contributed by atoms with Crippen molar-refractivity contribution < 1.29 is 4.74 Å². The van der Waals surface area contributed by atoms with Gasteiger partial charge in [-0.1, -0.05) is 90.6 Å². The molecule has 0 saturated heterocycles. The minimum atomic E-state index is 0.722. The van der Waals surface area contributed by atoms with Crippen LogP contribution in [0.3, 0.4) is 0 Å². The van der Waals surface area contributed by atoms with Gasteiger partial charge in [0.05, 0.1) is 11.4 Å². The first-order valence-electron chi connectivity index (χ1n) is 14.6. The van der Waals surface area contributed by atoms with Crippen LogP contribution < -0.4 is 10.1 Å². The predicted molar refractivity (Wildman–Crippen MR) is 177 cm³/mol. The lowest BCUT2D eigenvalue weighted by molar-refractivity contribution is 0.483. The number of rotatable bonds is 6. The monoisotopic (exact) mass is 567 g/mol. The quantitative estimate of drug-likeness (QED) is 0.203. The van der Waals surface area contributed by atoms with Crippen LogP contribution in [-0.4, -0.2) is 14.0 Å². The standard InChI is InChI=1S/C37H33N3OS/c1-25-16-21-32(26(2)23-25)38-36(42)35-34(28-17-19-30(20-18-28)41-29-13-7-4-8-14-29)31-15-9-10-22-39-33(24-40(35)37(31)39)27-11-5-3-6-12-27/h3-8,11-14,16-21,23-24H,9-10,15,22H2,1-2H3,(H,38,42). The van der Waals surface area contributed by atoms with Crippen molar-refractivity contribution in [2.45, 2.75) is 39.7 Å². The molecular formula is C37H33N3OS. The zero-order valence-electron chi connectivity index (χ0n) is 23.9. The summed E-state index contributed by atoms with van der Waals surface area (Å²) in [6.07, 6.45) is 5.56. The highest BCUT2D eigenvalue weighted by Crippen LogP contribution is 2.40. The Bertz CT molecular complexity index is 1900. The van der Waals surface area contributed by atoms with E-state index in [9.17, 15) is 0 Å². The fourth-order valence-corrected chi connectivity index (χ4v) is 6.52. The Balaban J connectivity index is 1.39. The van der Waals surface area contributed by atoms with E-state index in [1.165, 1.54) is 39.2 Å². The van der Waals surface area contributed by atoms with Crippen LogP contribution in [0.2, 0.25) is 0 Å². The molecule has 1 N–H and O–H groups in total. The zero-order valence-corrected chi connectivity index (χ0v) is 24.7. The van der Waals surface area contributed by atoms with Gasteiger partial charge in [-0.15, -0.1) is 0 Å². The molecule has 0 bridgehead atoms. The van der Waals surface area contributed by atoms with Crippen LogP contribution >= 0.6 is 12.2 Å². The number of anilines is 1. The van der Waals surface area contributed by atoms with Crippen LogP contribution in [0.5, 0.6) is 11.5 Å². The third-order valence-corrected chi connectivity index (χ3v) is 8.47. The fraction of sp³-hybridized carbons (Fsp3) is 0.162. The Kier molecular flexibility index (Phi) is 6.88. The van der Waals surface area contributed by atoms with Crippen LogP contribution in [-0.2, 0) is 13.0 Å². The summed E-state index contributed by atoms with van der Waals surface area (Å²) in [4.78, 5) is 0.722. The second kappa shape index (κ2) is 11.0. The molecule has 0 unspecified atom stereocenters. The Labute approximate surface area is 252 Å². The average molecular weight is 568 g/mol. The largest absolute Gasteiger partial charge is 0.457 e. The van der Waals surface area contributed by atoms with Gasteiger partial charge in [-0.05, 0) is 80.1 Å². The third-order valence-electron chi connectivity index (χ3n) is 8.17. The first-order chi connectivity index (χ1) is 20.6. The number of aromatic nitrogens is 2. The Morgan fingerprint density at radius 3 is 2.24 bits per heavy atom. The third kappa shape index (κ3) is 4.80. The maximum atomic E-state index is 6.24. The van der Waals surface area contributed by atoms with E-state index in [0.717, 1.165) is 59.2 Å². The minimum absolute atomic E-state index is 0.722. The van der Waals surface area contributed by atoms with Crippen LogP contribution in [0.1, 0.15) is 35.2 Å². The molecule has 0 atom stereocenters. The second-order valence-electron chi connectivity index (χ2n) is 11.1. The number of imidazole rings is 1. The molecule has 6 aromatic rings. The van der Waals surface area contributed by atoms with E-state index in [0.29, 0.717) is 0 Å². The number of aryl methyl sites for hydroxylation is 4. The molecule has 7 rings (SSSR count). The smallest absolute Gasteiger partial charge is 0.128 e. The summed E-state index contributed by atoms with van der Waals surface area (Å²) in [7, 11) is 0. The zero-order chi connectivity index (χ0) is 28.6. The molecule has 1 aliphatic rings.